The Morgan fingerprint density at radius 2 is 0.713 bits per heavy atom. The van der Waals surface area contributed by atoms with E-state index in [4.69, 9.17) is 9.05 Å². The largest absolute Gasteiger partial charge is 0.756 e. The van der Waals surface area contributed by atoms with Crippen molar-refractivity contribution >= 4 is 13.7 Å². The molecular formula is C78H137N2O6P. The summed E-state index contributed by atoms with van der Waals surface area (Å²) in [7, 11) is 1.23. The number of likely N-dealkylation sites (N-methyl/N-ethyl adjacent to an activating group) is 1. The monoisotopic (exact) mass is 1230 g/mol. The van der Waals surface area contributed by atoms with E-state index in [2.05, 4.69) is 141 Å². The molecule has 8 nitrogen and oxygen atoms in total. The number of amides is 1. The number of allylic oxidation sites excluding steroid dienone is 21. The van der Waals surface area contributed by atoms with Gasteiger partial charge in [-0.1, -0.05) is 321 Å². The lowest BCUT2D eigenvalue weighted by atomic mass is 10.0. The molecule has 0 aromatic carbocycles. The fourth-order valence-corrected chi connectivity index (χ4v) is 10.7. The first-order valence-corrected chi connectivity index (χ1v) is 37.5. The van der Waals surface area contributed by atoms with Crippen molar-refractivity contribution in [2.45, 2.75) is 315 Å². The molecule has 0 aromatic rings. The third kappa shape index (κ3) is 70.0. The van der Waals surface area contributed by atoms with Crippen LogP contribution < -0.4 is 10.2 Å². The molecule has 0 aliphatic carbocycles. The van der Waals surface area contributed by atoms with Gasteiger partial charge in [-0.25, -0.2) is 0 Å². The fraction of sp³-hybridized carbons (Fsp3) is 0.705. The summed E-state index contributed by atoms with van der Waals surface area (Å²) < 4.78 is 23.4. The third-order valence-corrected chi connectivity index (χ3v) is 16.5. The summed E-state index contributed by atoms with van der Waals surface area (Å²) in [6.07, 6.45) is 102. The SMILES string of the molecule is CC/C=C\C/C=C\C/C=C\C/C=C\C/C=C\C/C=C\C/C=C\C/C=C\CCCCCCCCCCCCCCCCC(=O)NC(COP(=O)([O-])OCC[N+](C)(C)C)C(O)/C=C/CC/C=C/CC/C=C/CCCCCCCCCCCCCCCCCC. The van der Waals surface area contributed by atoms with Gasteiger partial charge in [0.15, 0.2) is 0 Å². The Balaban J connectivity index is 4.12. The van der Waals surface area contributed by atoms with Crippen LogP contribution in [0.4, 0.5) is 0 Å². The van der Waals surface area contributed by atoms with E-state index in [1.807, 2.05) is 27.2 Å². The topological polar surface area (TPSA) is 108 Å². The van der Waals surface area contributed by atoms with Crippen molar-refractivity contribution < 1.29 is 32.9 Å². The Kier molecular flexibility index (Phi) is 64.5. The first-order valence-electron chi connectivity index (χ1n) is 36.0. The molecule has 0 bridgehead atoms. The number of quaternary nitrogens is 1. The Labute approximate surface area is 538 Å². The maximum Gasteiger partial charge on any atom is 0.268 e. The molecule has 500 valence electrons. The molecule has 0 aromatic heterocycles. The summed E-state index contributed by atoms with van der Waals surface area (Å²) in [5.41, 5.74) is 0. The van der Waals surface area contributed by atoms with Crippen molar-refractivity contribution in [1.29, 1.82) is 0 Å². The molecule has 0 aliphatic heterocycles. The van der Waals surface area contributed by atoms with Crippen LogP contribution in [0.5, 0.6) is 0 Å². The van der Waals surface area contributed by atoms with E-state index < -0.39 is 26.6 Å². The summed E-state index contributed by atoms with van der Waals surface area (Å²) in [4.78, 5) is 25.6. The zero-order chi connectivity index (χ0) is 63.4. The molecule has 0 saturated heterocycles. The Bertz CT molecular complexity index is 1880. The minimum Gasteiger partial charge on any atom is -0.756 e. The molecule has 0 saturated carbocycles. The van der Waals surface area contributed by atoms with Gasteiger partial charge in [0.1, 0.15) is 13.2 Å². The van der Waals surface area contributed by atoms with Crippen molar-refractivity contribution in [1.82, 2.24) is 5.32 Å². The second-order valence-electron chi connectivity index (χ2n) is 25.2. The zero-order valence-electron chi connectivity index (χ0n) is 57.2. The highest BCUT2D eigenvalue weighted by Gasteiger charge is 2.23. The van der Waals surface area contributed by atoms with Crippen LogP contribution in [0.1, 0.15) is 303 Å². The fourth-order valence-electron chi connectivity index (χ4n) is 10.0. The zero-order valence-corrected chi connectivity index (χ0v) is 58.1. The van der Waals surface area contributed by atoms with Gasteiger partial charge in [-0.3, -0.25) is 9.36 Å². The number of carbonyl (C=O) groups is 1. The number of aliphatic hydroxyl groups excluding tert-OH is 1. The number of unbranched alkanes of at least 4 members (excludes halogenated alkanes) is 32. The van der Waals surface area contributed by atoms with Gasteiger partial charge in [0, 0.05) is 6.42 Å². The van der Waals surface area contributed by atoms with Crippen LogP contribution in [0, 0.1) is 0 Å². The predicted molar refractivity (Wildman–Crippen MR) is 380 cm³/mol. The number of hydrogen-bond donors (Lipinski definition) is 2. The van der Waals surface area contributed by atoms with Gasteiger partial charge in [0.25, 0.3) is 7.82 Å². The summed E-state index contributed by atoms with van der Waals surface area (Å²) in [5, 5.41) is 13.9. The van der Waals surface area contributed by atoms with E-state index in [0.717, 1.165) is 96.3 Å². The second kappa shape index (κ2) is 67.0. The first-order chi connectivity index (χ1) is 42.5. The molecule has 3 unspecified atom stereocenters. The van der Waals surface area contributed by atoms with Crippen molar-refractivity contribution in [2.75, 3.05) is 40.9 Å². The lowest BCUT2D eigenvalue weighted by Crippen LogP contribution is -2.45. The summed E-state index contributed by atoms with van der Waals surface area (Å²) in [6.45, 7) is 4.52. The van der Waals surface area contributed by atoms with Gasteiger partial charge < -0.3 is 28.8 Å². The number of hydrogen-bond acceptors (Lipinski definition) is 6. The van der Waals surface area contributed by atoms with Crippen LogP contribution >= 0.6 is 7.82 Å². The normalized spacial score (nSPS) is 14.4. The predicted octanol–water partition coefficient (Wildman–Crippen LogP) is 22.8. The standard InChI is InChI=1S/C78H137N2O6P/c1-6-8-10-12-14-16-18-20-22-24-26-28-30-32-34-35-36-37-38-39-40-41-42-43-44-45-46-48-50-52-54-56-58-60-62-64-66-68-70-72-78(82)79-76(75-86-87(83,84)85-74-73-80(3,4)5)77(81)71-69-67-65-63-61-59-57-55-53-51-49-47-33-31-29-27-25-23-21-19-17-15-13-11-9-7-2/h8,10,14,16,20,22,26,28,32,34,36-37,39-40,42-43,53,55,61,63,69,71,76-77,81H,6-7,9,11-13,15,17-19,21,23-25,27,29-31,33,35,38,41,44-52,54,56-60,62,64-68,70,72-75H2,1-5H3,(H-,79,82,83,84)/b10-8-,16-14-,22-20-,28-26-,34-32-,37-36-,40-39-,43-42-,55-53+,63-61+,71-69+. The van der Waals surface area contributed by atoms with E-state index in [9.17, 15) is 19.4 Å². The summed E-state index contributed by atoms with van der Waals surface area (Å²) >= 11 is 0. The molecule has 0 rings (SSSR count). The van der Waals surface area contributed by atoms with E-state index in [1.54, 1.807) is 6.08 Å². The van der Waals surface area contributed by atoms with Crippen LogP contribution in [-0.2, 0) is 18.4 Å². The van der Waals surface area contributed by atoms with Gasteiger partial charge in [0.05, 0.1) is 39.9 Å². The molecule has 0 radical (unpaired) electrons. The van der Waals surface area contributed by atoms with Gasteiger partial charge in [0.2, 0.25) is 5.91 Å². The van der Waals surface area contributed by atoms with Gasteiger partial charge in [-0.2, -0.15) is 0 Å². The number of aliphatic hydroxyl groups is 1. The minimum absolute atomic E-state index is 0.0139. The van der Waals surface area contributed by atoms with Crippen molar-refractivity contribution in [3.63, 3.8) is 0 Å². The number of carbonyl (C=O) groups excluding carboxylic acids is 1. The van der Waals surface area contributed by atoms with Crippen molar-refractivity contribution in [2.24, 2.45) is 0 Å². The number of phosphoric acid groups is 1. The van der Waals surface area contributed by atoms with Gasteiger partial charge in [-0.15, -0.1) is 0 Å². The molecule has 87 heavy (non-hydrogen) atoms. The van der Waals surface area contributed by atoms with Crippen molar-refractivity contribution in [3.8, 4) is 0 Å². The molecule has 9 heteroatoms. The minimum atomic E-state index is -4.62. The number of nitrogens with one attached hydrogen (secondary N) is 1. The van der Waals surface area contributed by atoms with E-state index >= 15 is 0 Å². The van der Waals surface area contributed by atoms with Gasteiger partial charge in [-0.05, 0) is 109 Å². The quantitative estimate of drug-likeness (QED) is 0.0272. The number of rotatable bonds is 65. The van der Waals surface area contributed by atoms with Gasteiger partial charge >= 0.3 is 0 Å². The molecule has 0 spiro atoms. The van der Waals surface area contributed by atoms with Crippen LogP contribution in [0.25, 0.3) is 0 Å². The molecule has 0 fully saturated rings. The van der Waals surface area contributed by atoms with Crippen LogP contribution in [0.15, 0.2) is 134 Å². The molecule has 0 heterocycles. The molecule has 3 atom stereocenters. The first kappa shape index (κ1) is 83.6. The maximum absolute atomic E-state index is 13.0. The summed E-state index contributed by atoms with van der Waals surface area (Å²) in [6, 6.07) is -0.920. The Morgan fingerprint density at radius 3 is 1.07 bits per heavy atom. The molecular weight excluding hydrogens is 1090 g/mol. The van der Waals surface area contributed by atoms with Crippen LogP contribution in [0.3, 0.4) is 0 Å². The average molecular weight is 1230 g/mol. The average Bonchev–Trinajstić information content (AvgIpc) is 3.69. The van der Waals surface area contributed by atoms with Crippen LogP contribution in [-0.4, -0.2) is 68.5 Å². The highest BCUT2D eigenvalue weighted by molar-refractivity contribution is 7.45. The number of nitrogens with zero attached hydrogens (tertiary/aromatic N) is 1. The smallest absolute Gasteiger partial charge is 0.268 e. The van der Waals surface area contributed by atoms with E-state index in [0.29, 0.717) is 17.4 Å². The van der Waals surface area contributed by atoms with E-state index in [1.165, 1.54) is 186 Å². The highest BCUT2D eigenvalue weighted by Crippen LogP contribution is 2.38. The Morgan fingerprint density at radius 1 is 0.414 bits per heavy atom. The lowest BCUT2D eigenvalue weighted by Gasteiger charge is -2.29. The molecule has 2 N–H and O–H groups in total. The van der Waals surface area contributed by atoms with Crippen molar-refractivity contribution in [3.05, 3.63) is 134 Å². The highest BCUT2D eigenvalue weighted by atomic mass is 31.2. The maximum atomic E-state index is 13.0. The lowest BCUT2D eigenvalue weighted by molar-refractivity contribution is -0.870. The molecule has 0 aliphatic rings. The third-order valence-electron chi connectivity index (χ3n) is 15.6. The van der Waals surface area contributed by atoms with Crippen LogP contribution in [0.2, 0.25) is 0 Å². The summed E-state index contributed by atoms with van der Waals surface area (Å²) in [5.74, 6) is -0.214. The Hall–Kier alpha value is -3.36. The molecule has 1 amide bonds. The number of phosphoric ester groups is 1. The second-order valence-corrected chi connectivity index (χ2v) is 26.6. The van der Waals surface area contributed by atoms with E-state index in [-0.39, 0.29) is 12.5 Å².